The average Bonchev–Trinajstić information content (AvgIpc) is 2.57. The average molecular weight is 262 g/mol. The van der Waals surface area contributed by atoms with Crippen molar-refractivity contribution in [3.63, 3.8) is 0 Å². The summed E-state index contributed by atoms with van der Waals surface area (Å²) in [5.41, 5.74) is 0. The molecule has 5 rings (SSSR count). The minimum absolute atomic E-state index is 0.833. The standard InChI is InChI=1S/C17H30N2/c1-12-9-18-2-3-19(10-12)11-17-15-5-13-4-14(7-15)8-16(17)6-13/h12-18H,2-11H2,1H3. The van der Waals surface area contributed by atoms with Gasteiger partial charge in [-0.2, -0.15) is 0 Å². The summed E-state index contributed by atoms with van der Waals surface area (Å²) in [5.74, 6) is 6.34. The maximum atomic E-state index is 3.59. The van der Waals surface area contributed by atoms with E-state index in [2.05, 4.69) is 17.1 Å². The molecule has 0 amide bonds. The molecule has 1 saturated heterocycles. The van der Waals surface area contributed by atoms with Crippen LogP contribution in [0.15, 0.2) is 0 Å². The zero-order valence-electron chi connectivity index (χ0n) is 12.5. The van der Waals surface area contributed by atoms with Gasteiger partial charge in [-0.25, -0.2) is 0 Å². The lowest BCUT2D eigenvalue weighted by Crippen LogP contribution is -2.49. The van der Waals surface area contributed by atoms with Crippen molar-refractivity contribution in [2.45, 2.75) is 39.0 Å². The Balaban J connectivity index is 1.42. The summed E-state index contributed by atoms with van der Waals surface area (Å²) >= 11 is 0. The third-order valence-electron chi connectivity index (χ3n) is 6.56. The quantitative estimate of drug-likeness (QED) is 0.823. The van der Waals surface area contributed by atoms with Gasteiger partial charge in [-0.3, -0.25) is 0 Å². The molecule has 1 aliphatic heterocycles. The molecular weight excluding hydrogens is 232 g/mol. The molecule has 108 valence electrons. The van der Waals surface area contributed by atoms with Crippen LogP contribution in [0.4, 0.5) is 0 Å². The van der Waals surface area contributed by atoms with Gasteiger partial charge < -0.3 is 10.2 Å². The number of rotatable bonds is 2. The smallest absolute Gasteiger partial charge is 0.0107 e. The van der Waals surface area contributed by atoms with E-state index in [1.54, 1.807) is 32.1 Å². The van der Waals surface area contributed by atoms with Crippen molar-refractivity contribution in [3.8, 4) is 0 Å². The highest BCUT2D eigenvalue weighted by Gasteiger charge is 2.48. The summed E-state index contributed by atoms with van der Waals surface area (Å²) < 4.78 is 0. The first-order valence-electron chi connectivity index (χ1n) is 8.71. The first kappa shape index (κ1) is 12.6. The van der Waals surface area contributed by atoms with Crippen LogP contribution in [0.5, 0.6) is 0 Å². The molecule has 0 aromatic rings. The SMILES string of the molecule is CC1CNCCN(CC2C3CC4CC(C3)CC2C4)C1. The lowest BCUT2D eigenvalue weighted by molar-refractivity contribution is -0.0492. The fourth-order valence-electron chi connectivity index (χ4n) is 5.98. The van der Waals surface area contributed by atoms with Gasteiger partial charge in [0, 0.05) is 26.2 Å². The molecule has 4 saturated carbocycles. The zero-order chi connectivity index (χ0) is 12.8. The predicted molar refractivity (Wildman–Crippen MR) is 79.0 cm³/mol. The monoisotopic (exact) mass is 262 g/mol. The minimum atomic E-state index is 0.833. The van der Waals surface area contributed by atoms with Crippen molar-refractivity contribution in [1.82, 2.24) is 10.2 Å². The van der Waals surface area contributed by atoms with Gasteiger partial charge >= 0.3 is 0 Å². The molecular formula is C17H30N2. The summed E-state index contributed by atoms with van der Waals surface area (Å²) in [5, 5.41) is 3.59. The molecule has 2 nitrogen and oxygen atoms in total. The summed E-state index contributed by atoms with van der Waals surface area (Å²) in [6, 6.07) is 0. The third-order valence-corrected chi connectivity index (χ3v) is 6.56. The predicted octanol–water partition coefficient (Wildman–Crippen LogP) is 2.60. The van der Waals surface area contributed by atoms with E-state index in [4.69, 9.17) is 0 Å². The molecule has 1 unspecified atom stereocenters. The Morgan fingerprint density at radius 3 is 2.37 bits per heavy atom. The van der Waals surface area contributed by atoms with Crippen LogP contribution >= 0.6 is 0 Å². The highest BCUT2D eigenvalue weighted by Crippen LogP contribution is 2.56. The van der Waals surface area contributed by atoms with Crippen LogP contribution in [-0.2, 0) is 0 Å². The van der Waals surface area contributed by atoms with Crippen molar-refractivity contribution in [1.29, 1.82) is 0 Å². The van der Waals surface area contributed by atoms with E-state index in [1.165, 1.54) is 32.7 Å². The van der Waals surface area contributed by atoms with Gasteiger partial charge in [0.15, 0.2) is 0 Å². The first-order chi connectivity index (χ1) is 9.28. The normalized spacial score (nSPS) is 50.4. The Labute approximate surface area is 118 Å². The van der Waals surface area contributed by atoms with Gasteiger partial charge in [0.2, 0.25) is 0 Å². The summed E-state index contributed by atoms with van der Waals surface area (Å²) in [6.07, 6.45) is 7.92. The summed E-state index contributed by atoms with van der Waals surface area (Å²) in [6.45, 7) is 8.86. The summed E-state index contributed by atoms with van der Waals surface area (Å²) in [4.78, 5) is 2.79. The second kappa shape index (κ2) is 5.04. The van der Waals surface area contributed by atoms with Gasteiger partial charge in [-0.05, 0) is 74.2 Å². The van der Waals surface area contributed by atoms with Crippen molar-refractivity contribution in [2.75, 3.05) is 32.7 Å². The number of hydrogen-bond donors (Lipinski definition) is 1. The molecule has 5 fully saturated rings. The molecule has 5 aliphatic rings. The molecule has 0 spiro atoms. The molecule has 1 N–H and O–H groups in total. The van der Waals surface area contributed by atoms with E-state index in [-0.39, 0.29) is 0 Å². The second-order valence-corrected chi connectivity index (χ2v) is 8.16. The lowest BCUT2D eigenvalue weighted by atomic mass is 9.52. The van der Waals surface area contributed by atoms with E-state index in [0.717, 1.165) is 35.5 Å². The molecule has 0 radical (unpaired) electrons. The van der Waals surface area contributed by atoms with Gasteiger partial charge in [-0.1, -0.05) is 6.92 Å². The van der Waals surface area contributed by atoms with Crippen molar-refractivity contribution >= 4 is 0 Å². The molecule has 4 aliphatic carbocycles. The van der Waals surface area contributed by atoms with Crippen molar-refractivity contribution in [2.24, 2.45) is 35.5 Å². The maximum Gasteiger partial charge on any atom is 0.0107 e. The molecule has 4 bridgehead atoms. The molecule has 1 heterocycles. The van der Waals surface area contributed by atoms with E-state index in [9.17, 15) is 0 Å². The van der Waals surface area contributed by atoms with E-state index in [1.807, 2.05) is 0 Å². The number of nitrogens with zero attached hydrogens (tertiary/aromatic N) is 1. The molecule has 2 heteroatoms. The van der Waals surface area contributed by atoms with Crippen LogP contribution in [0.3, 0.4) is 0 Å². The maximum absolute atomic E-state index is 3.59. The van der Waals surface area contributed by atoms with Crippen LogP contribution < -0.4 is 5.32 Å². The number of hydrogen-bond acceptors (Lipinski definition) is 2. The number of nitrogens with one attached hydrogen (secondary N) is 1. The van der Waals surface area contributed by atoms with Gasteiger partial charge in [0.1, 0.15) is 0 Å². The Morgan fingerprint density at radius 2 is 1.68 bits per heavy atom. The second-order valence-electron chi connectivity index (χ2n) is 8.16. The molecule has 1 atom stereocenters. The summed E-state index contributed by atoms with van der Waals surface area (Å²) in [7, 11) is 0. The highest BCUT2D eigenvalue weighted by molar-refractivity contribution is 4.99. The first-order valence-corrected chi connectivity index (χ1v) is 8.71. The van der Waals surface area contributed by atoms with Crippen molar-refractivity contribution < 1.29 is 0 Å². The topological polar surface area (TPSA) is 15.3 Å². The largest absolute Gasteiger partial charge is 0.315 e. The van der Waals surface area contributed by atoms with E-state index < -0.39 is 0 Å². The van der Waals surface area contributed by atoms with Crippen molar-refractivity contribution in [3.05, 3.63) is 0 Å². The van der Waals surface area contributed by atoms with E-state index >= 15 is 0 Å². The van der Waals surface area contributed by atoms with E-state index in [0.29, 0.717) is 0 Å². The third kappa shape index (κ3) is 2.47. The Bertz CT molecular complexity index is 299. The fraction of sp³-hybridized carbons (Fsp3) is 1.00. The Hall–Kier alpha value is -0.0800. The Kier molecular flexibility index (Phi) is 3.35. The molecule has 0 aromatic carbocycles. The van der Waals surface area contributed by atoms with Crippen LogP contribution in [0.25, 0.3) is 0 Å². The van der Waals surface area contributed by atoms with Gasteiger partial charge in [0.05, 0.1) is 0 Å². The lowest BCUT2D eigenvalue weighted by Gasteiger charge is -2.55. The Morgan fingerprint density at radius 1 is 1.00 bits per heavy atom. The molecule has 0 aromatic heterocycles. The zero-order valence-corrected chi connectivity index (χ0v) is 12.5. The highest BCUT2D eigenvalue weighted by atomic mass is 15.2. The molecule has 19 heavy (non-hydrogen) atoms. The van der Waals surface area contributed by atoms with Crippen LogP contribution in [0, 0.1) is 35.5 Å². The van der Waals surface area contributed by atoms with Crippen LogP contribution in [0.1, 0.15) is 39.0 Å². The van der Waals surface area contributed by atoms with Gasteiger partial charge in [0.25, 0.3) is 0 Å². The van der Waals surface area contributed by atoms with Crippen LogP contribution in [-0.4, -0.2) is 37.6 Å². The minimum Gasteiger partial charge on any atom is -0.315 e. The van der Waals surface area contributed by atoms with Gasteiger partial charge in [-0.15, -0.1) is 0 Å². The van der Waals surface area contributed by atoms with Crippen LogP contribution in [0.2, 0.25) is 0 Å². The fourth-order valence-corrected chi connectivity index (χ4v) is 5.98.